The minimum Gasteiger partial charge on any atom is -0.479 e. The van der Waals surface area contributed by atoms with Crippen molar-refractivity contribution in [3.8, 4) is 0 Å². The highest BCUT2D eigenvalue weighted by Gasteiger charge is 2.15. The quantitative estimate of drug-likeness (QED) is 0.842. The van der Waals surface area contributed by atoms with Crippen LogP contribution in [0, 0.1) is 0 Å². The van der Waals surface area contributed by atoms with Crippen LogP contribution >= 0.6 is 23.2 Å². The Morgan fingerprint density at radius 2 is 2.07 bits per heavy atom. The maximum absolute atomic E-state index is 10.4. The summed E-state index contributed by atoms with van der Waals surface area (Å²) in [4.78, 5) is 10.4. The monoisotopic (exact) mass is 234 g/mol. The fourth-order valence-corrected chi connectivity index (χ4v) is 1.47. The Kier molecular flexibility index (Phi) is 3.75. The van der Waals surface area contributed by atoms with Crippen molar-refractivity contribution < 1.29 is 15.0 Å². The number of carboxylic acids is 1. The molecule has 0 amide bonds. The lowest BCUT2D eigenvalue weighted by atomic mass is 10.1. The first-order valence-electron chi connectivity index (χ1n) is 3.85. The lowest BCUT2D eigenvalue weighted by Crippen LogP contribution is -2.22. The third-order valence-electron chi connectivity index (χ3n) is 1.71. The second-order valence-corrected chi connectivity index (χ2v) is 3.64. The Balaban J connectivity index is 2.82. The number of aliphatic hydroxyl groups excluding tert-OH is 1. The highest BCUT2D eigenvalue weighted by molar-refractivity contribution is 6.35. The molecule has 0 unspecified atom stereocenters. The molecule has 0 spiro atoms. The fourth-order valence-electron chi connectivity index (χ4n) is 0.983. The molecule has 2 N–H and O–H groups in total. The molecule has 1 aromatic rings. The summed E-state index contributed by atoms with van der Waals surface area (Å²) in [6.45, 7) is 0. The summed E-state index contributed by atoms with van der Waals surface area (Å²) in [5, 5.41) is 18.4. The van der Waals surface area contributed by atoms with Gasteiger partial charge in [0.2, 0.25) is 0 Å². The summed E-state index contributed by atoms with van der Waals surface area (Å²) < 4.78 is 0. The van der Waals surface area contributed by atoms with Gasteiger partial charge in [0.25, 0.3) is 0 Å². The van der Waals surface area contributed by atoms with Crippen molar-refractivity contribution in [2.24, 2.45) is 0 Å². The van der Waals surface area contributed by atoms with E-state index in [2.05, 4.69) is 0 Å². The van der Waals surface area contributed by atoms with Crippen LogP contribution in [0.15, 0.2) is 18.2 Å². The maximum atomic E-state index is 10.4. The molecule has 1 aromatic carbocycles. The molecule has 0 saturated heterocycles. The predicted octanol–water partition coefficient (Wildman–Crippen LogP) is 1.98. The van der Waals surface area contributed by atoms with Crippen LogP contribution in [0.5, 0.6) is 0 Å². The molecule has 0 radical (unpaired) electrons. The van der Waals surface area contributed by atoms with Gasteiger partial charge in [0.15, 0.2) is 6.10 Å². The van der Waals surface area contributed by atoms with Crippen LogP contribution in [0.1, 0.15) is 5.56 Å². The van der Waals surface area contributed by atoms with Crippen LogP contribution in [0.25, 0.3) is 0 Å². The molecule has 5 heteroatoms. The molecule has 0 heterocycles. The molecule has 0 aliphatic rings. The van der Waals surface area contributed by atoms with E-state index in [1.165, 1.54) is 6.07 Å². The van der Waals surface area contributed by atoms with E-state index in [1.54, 1.807) is 12.1 Å². The first-order chi connectivity index (χ1) is 6.50. The van der Waals surface area contributed by atoms with Gasteiger partial charge in [-0.15, -0.1) is 0 Å². The van der Waals surface area contributed by atoms with Gasteiger partial charge < -0.3 is 10.2 Å². The molecule has 1 rings (SSSR count). The summed E-state index contributed by atoms with van der Waals surface area (Å²) >= 11 is 11.4. The van der Waals surface area contributed by atoms with Crippen LogP contribution in [-0.4, -0.2) is 22.3 Å². The zero-order chi connectivity index (χ0) is 10.7. The highest BCUT2D eigenvalue weighted by atomic mass is 35.5. The summed E-state index contributed by atoms with van der Waals surface area (Å²) in [6.07, 6.45) is -1.46. The van der Waals surface area contributed by atoms with E-state index >= 15 is 0 Å². The van der Waals surface area contributed by atoms with Crippen molar-refractivity contribution in [1.82, 2.24) is 0 Å². The van der Waals surface area contributed by atoms with Gasteiger partial charge in [0, 0.05) is 16.5 Å². The zero-order valence-electron chi connectivity index (χ0n) is 7.08. The molecule has 0 bridgehead atoms. The van der Waals surface area contributed by atoms with Gasteiger partial charge in [-0.3, -0.25) is 0 Å². The van der Waals surface area contributed by atoms with Crippen molar-refractivity contribution in [3.63, 3.8) is 0 Å². The van der Waals surface area contributed by atoms with Crippen LogP contribution in [-0.2, 0) is 11.2 Å². The van der Waals surface area contributed by atoms with Crippen LogP contribution in [0.4, 0.5) is 0 Å². The number of carbonyl (C=O) groups is 1. The molecule has 3 nitrogen and oxygen atoms in total. The van der Waals surface area contributed by atoms with Gasteiger partial charge in [0.05, 0.1) is 0 Å². The molecule has 0 fully saturated rings. The average molecular weight is 235 g/mol. The SMILES string of the molecule is O=C(O)[C@H](O)Cc1ccc(Cl)cc1Cl. The molecule has 0 aliphatic heterocycles. The molecule has 76 valence electrons. The Bertz CT molecular complexity index is 352. The van der Waals surface area contributed by atoms with Crippen LogP contribution in [0.3, 0.4) is 0 Å². The van der Waals surface area contributed by atoms with Crippen molar-refractivity contribution in [2.75, 3.05) is 0 Å². The first kappa shape index (κ1) is 11.3. The van der Waals surface area contributed by atoms with E-state index < -0.39 is 12.1 Å². The molecule has 0 aromatic heterocycles. The summed E-state index contributed by atoms with van der Waals surface area (Å²) in [6, 6.07) is 4.70. The number of halogens is 2. The Morgan fingerprint density at radius 1 is 1.43 bits per heavy atom. The molecule has 0 saturated carbocycles. The van der Waals surface area contributed by atoms with Gasteiger partial charge in [-0.2, -0.15) is 0 Å². The highest BCUT2D eigenvalue weighted by Crippen LogP contribution is 2.22. The Labute approximate surface area is 90.9 Å². The van der Waals surface area contributed by atoms with E-state index in [0.29, 0.717) is 15.6 Å². The number of rotatable bonds is 3. The largest absolute Gasteiger partial charge is 0.479 e. The van der Waals surface area contributed by atoms with Gasteiger partial charge >= 0.3 is 5.97 Å². The first-order valence-corrected chi connectivity index (χ1v) is 4.61. The summed E-state index contributed by atoms with van der Waals surface area (Å²) in [5.41, 5.74) is 0.561. The molecule has 0 aliphatic carbocycles. The third-order valence-corrected chi connectivity index (χ3v) is 2.30. The summed E-state index contributed by atoms with van der Waals surface area (Å²) in [7, 11) is 0. The summed E-state index contributed by atoms with van der Waals surface area (Å²) in [5.74, 6) is -1.27. The fraction of sp³-hybridized carbons (Fsp3) is 0.222. The number of aliphatic carboxylic acids is 1. The van der Waals surface area contributed by atoms with E-state index in [9.17, 15) is 4.79 Å². The van der Waals surface area contributed by atoms with Gasteiger partial charge in [-0.1, -0.05) is 29.3 Å². The minimum atomic E-state index is -1.44. The van der Waals surface area contributed by atoms with Gasteiger partial charge in [-0.25, -0.2) is 4.79 Å². The molecule has 1 atom stereocenters. The third kappa shape index (κ3) is 2.87. The van der Waals surface area contributed by atoms with Crippen molar-refractivity contribution in [3.05, 3.63) is 33.8 Å². The zero-order valence-corrected chi connectivity index (χ0v) is 8.59. The number of hydrogen-bond acceptors (Lipinski definition) is 2. The number of carboxylic acid groups (broad SMARTS) is 1. The maximum Gasteiger partial charge on any atom is 0.332 e. The molecular formula is C9H8Cl2O3. The predicted molar refractivity (Wildman–Crippen MR) is 53.8 cm³/mol. The smallest absolute Gasteiger partial charge is 0.332 e. The van der Waals surface area contributed by atoms with Crippen molar-refractivity contribution in [1.29, 1.82) is 0 Å². The number of hydrogen-bond donors (Lipinski definition) is 2. The lowest BCUT2D eigenvalue weighted by molar-refractivity contribution is -0.146. The Morgan fingerprint density at radius 3 is 2.57 bits per heavy atom. The lowest BCUT2D eigenvalue weighted by Gasteiger charge is -2.07. The van der Waals surface area contributed by atoms with Crippen molar-refractivity contribution >= 4 is 29.2 Å². The van der Waals surface area contributed by atoms with E-state index in [-0.39, 0.29) is 6.42 Å². The van der Waals surface area contributed by atoms with E-state index in [4.69, 9.17) is 33.4 Å². The van der Waals surface area contributed by atoms with Gasteiger partial charge in [-0.05, 0) is 17.7 Å². The topological polar surface area (TPSA) is 57.5 Å². The molecule has 14 heavy (non-hydrogen) atoms. The molecular weight excluding hydrogens is 227 g/mol. The van der Waals surface area contributed by atoms with Gasteiger partial charge in [0.1, 0.15) is 0 Å². The van der Waals surface area contributed by atoms with Crippen LogP contribution < -0.4 is 0 Å². The number of benzene rings is 1. The average Bonchev–Trinajstić information content (AvgIpc) is 2.09. The number of aliphatic hydroxyl groups is 1. The standard InChI is InChI=1S/C9H8Cl2O3/c10-6-2-1-5(7(11)4-6)3-8(12)9(13)14/h1-2,4,8,12H,3H2,(H,13,14)/t8-/m1/s1. The van der Waals surface area contributed by atoms with E-state index in [0.717, 1.165) is 0 Å². The normalized spacial score (nSPS) is 12.5. The van der Waals surface area contributed by atoms with Crippen LogP contribution in [0.2, 0.25) is 10.0 Å². The Hall–Kier alpha value is -0.770. The van der Waals surface area contributed by atoms with Crippen molar-refractivity contribution in [2.45, 2.75) is 12.5 Å². The second kappa shape index (κ2) is 4.64. The minimum absolute atomic E-state index is 0.0225. The second-order valence-electron chi connectivity index (χ2n) is 2.79. The van der Waals surface area contributed by atoms with E-state index in [1.807, 2.05) is 0 Å².